The van der Waals surface area contributed by atoms with E-state index in [9.17, 15) is 58.8 Å². The fourth-order valence-corrected chi connectivity index (χ4v) is 8.89. The molecule has 6 amide bonds. The van der Waals surface area contributed by atoms with E-state index >= 15 is 0 Å². The Bertz CT molecular complexity index is 2270. The van der Waals surface area contributed by atoms with Crippen LogP contribution in [0.1, 0.15) is 69.4 Å². The highest BCUT2D eigenvalue weighted by Crippen LogP contribution is 2.19. The maximum absolute atomic E-state index is 13.6. The van der Waals surface area contributed by atoms with Crippen LogP contribution in [0.2, 0.25) is 0 Å². The van der Waals surface area contributed by atoms with Crippen LogP contribution in [0, 0.1) is 0 Å². The largest absolute Gasteiger partial charge is 0.508 e. The molecule has 0 radical (unpaired) electrons. The minimum atomic E-state index is -1.00. The number of likely N-dealkylation sites (tertiary alicyclic amines) is 1. The number of guanidine groups is 1. The predicted octanol–water partition coefficient (Wildman–Crippen LogP) is -1.38. The summed E-state index contributed by atoms with van der Waals surface area (Å²) >= 11 is 0. The van der Waals surface area contributed by atoms with Crippen LogP contribution in [-0.2, 0) is 40.1 Å². The number of carboxylic acid groups (broad SMARTS) is 3. The zero-order valence-electron chi connectivity index (χ0n) is 46.3. The lowest BCUT2D eigenvalue weighted by Gasteiger charge is -2.35. The fraction of sp³-hybridized carbons (Fsp3) is 0.604. The molecule has 0 aliphatic carbocycles. The van der Waals surface area contributed by atoms with Crippen molar-refractivity contribution < 1.29 is 58.8 Å². The highest BCUT2D eigenvalue weighted by atomic mass is 16.4. The van der Waals surface area contributed by atoms with Crippen LogP contribution in [0.4, 0.5) is 10.5 Å². The number of urea groups is 1. The number of carbonyl (C=O) groups is 8. The number of amides is 6. The van der Waals surface area contributed by atoms with Crippen molar-refractivity contribution in [3.05, 3.63) is 59.7 Å². The third-order valence-electron chi connectivity index (χ3n) is 13.7. The second-order valence-corrected chi connectivity index (χ2v) is 20.0. The van der Waals surface area contributed by atoms with Gasteiger partial charge in [0.25, 0.3) is 0 Å². The topological polar surface area (TPSA) is 368 Å². The molecule has 0 bridgehead atoms. The molecule has 2 aromatic rings. The number of nitrogens with zero attached hydrogens (tertiary/aromatic N) is 6. The quantitative estimate of drug-likeness (QED) is 0.0244. The molecule has 80 heavy (non-hydrogen) atoms. The molecular formula is C53H85N15O12. The number of benzene rings is 2. The molecule has 0 aromatic heterocycles. The summed E-state index contributed by atoms with van der Waals surface area (Å²) in [5.41, 5.74) is 8.20. The molecule has 0 spiro atoms. The van der Waals surface area contributed by atoms with Crippen molar-refractivity contribution in [2.45, 2.75) is 76.9 Å². The number of carboxylic acids is 3. The lowest BCUT2D eigenvalue weighted by atomic mass is 9.99. The SMILES string of the molecule is CCC(=O)NCCNC(=O)/N=C(/N)NCCC[C@@H](NC(=O)C(C)c1ccc(NCCCNC(=O)CN2CCC(NCN3CCN(CC(=O)O)CCN(CC(=O)O)CCN(CC(=O)O)CC3)CC2)cc1)C(=O)NCc1ccc(O)cc1. The monoisotopic (exact) mass is 1120 g/mol. The molecule has 2 aliphatic heterocycles. The third kappa shape index (κ3) is 27.1. The number of anilines is 1. The number of phenols is 1. The Morgan fingerprint density at radius 2 is 1.12 bits per heavy atom. The minimum Gasteiger partial charge on any atom is -0.508 e. The van der Waals surface area contributed by atoms with Gasteiger partial charge < -0.3 is 68.7 Å². The first-order valence-corrected chi connectivity index (χ1v) is 27.4. The average Bonchev–Trinajstić information content (AvgIpc) is 3.42. The number of aromatic hydroxyl groups is 1. The van der Waals surface area contributed by atoms with E-state index in [0.29, 0.717) is 91.4 Å². The van der Waals surface area contributed by atoms with E-state index in [1.165, 1.54) is 12.1 Å². The summed E-state index contributed by atoms with van der Waals surface area (Å²) in [4.78, 5) is 112. The molecule has 2 fully saturated rings. The molecule has 0 saturated carbocycles. The number of piperidine rings is 1. The first-order chi connectivity index (χ1) is 38.3. The summed E-state index contributed by atoms with van der Waals surface area (Å²) in [5, 5.41) is 61.9. The summed E-state index contributed by atoms with van der Waals surface area (Å²) in [5.74, 6) is -4.55. The van der Waals surface area contributed by atoms with Crippen molar-refractivity contribution >= 4 is 59.2 Å². The molecular weight excluding hydrogens is 1040 g/mol. The average molecular weight is 1120 g/mol. The molecule has 444 valence electrons. The van der Waals surface area contributed by atoms with Gasteiger partial charge in [-0.25, -0.2) is 4.79 Å². The number of nitrogens with one attached hydrogen (secondary N) is 8. The Kier molecular flexibility index (Phi) is 29.5. The minimum absolute atomic E-state index is 0.0622. The molecule has 2 aliphatic rings. The van der Waals surface area contributed by atoms with Crippen LogP contribution in [0.3, 0.4) is 0 Å². The van der Waals surface area contributed by atoms with Crippen LogP contribution >= 0.6 is 0 Å². The van der Waals surface area contributed by atoms with Crippen molar-refractivity contribution in [3.63, 3.8) is 0 Å². The van der Waals surface area contributed by atoms with Crippen LogP contribution in [-0.4, -0.2) is 242 Å². The van der Waals surface area contributed by atoms with Gasteiger partial charge in [-0.2, -0.15) is 4.99 Å². The van der Waals surface area contributed by atoms with Gasteiger partial charge in [-0.3, -0.25) is 58.1 Å². The van der Waals surface area contributed by atoms with Gasteiger partial charge in [-0.1, -0.05) is 31.2 Å². The van der Waals surface area contributed by atoms with E-state index < -0.39 is 41.8 Å². The number of phenolic OH excluding ortho intramolecular Hbond substituents is 1. The van der Waals surface area contributed by atoms with Gasteiger partial charge in [0.05, 0.1) is 32.1 Å². The summed E-state index contributed by atoms with van der Waals surface area (Å²) in [7, 11) is 0. The van der Waals surface area contributed by atoms with Crippen molar-refractivity contribution in [2.75, 3.05) is 136 Å². The molecule has 1 unspecified atom stereocenters. The van der Waals surface area contributed by atoms with Gasteiger partial charge >= 0.3 is 23.9 Å². The zero-order valence-corrected chi connectivity index (χ0v) is 46.3. The maximum Gasteiger partial charge on any atom is 0.344 e. The van der Waals surface area contributed by atoms with Gasteiger partial charge in [-0.05, 0) is 74.4 Å². The molecule has 2 saturated heterocycles. The van der Waals surface area contributed by atoms with E-state index in [4.69, 9.17) is 5.73 Å². The smallest absolute Gasteiger partial charge is 0.344 e. The highest BCUT2D eigenvalue weighted by molar-refractivity contribution is 5.92. The Balaban J connectivity index is 1.16. The van der Waals surface area contributed by atoms with Crippen LogP contribution < -0.4 is 48.3 Å². The van der Waals surface area contributed by atoms with Crippen LogP contribution in [0.25, 0.3) is 0 Å². The highest BCUT2D eigenvalue weighted by Gasteiger charge is 2.26. The number of hydrogen-bond donors (Lipinski definition) is 13. The lowest BCUT2D eigenvalue weighted by Crippen LogP contribution is -2.52. The number of aliphatic imine (C=N–C) groups is 1. The third-order valence-corrected chi connectivity index (χ3v) is 13.7. The van der Waals surface area contributed by atoms with E-state index in [0.717, 1.165) is 42.7 Å². The van der Waals surface area contributed by atoms with E-state index in [1.807, 2.05) is 24.3 Å². The van der Waals surface area contributed by atoms with Gasteiger partial charge in [0.1, 0.15) is 11.8 Å². The van der Waals surface area contributed by atoms with Crippen molar-refractivity contribution in [1.82, 2.24) is 61.7 Å². The Morgan fingerprint density at radius 3 is 1.69 bits per heavy atom. The summed E-state index contributed by atoms with van der Waals surface area (Å²) in [6.07, 6.45) is 3.25. The number of aliphatic carboxylic acids is 3. The van der Waals surface area contributed by atoms with E-state index in [1.54, 1.807) is 40.7 Å². The van der Waals surface area contributed by atoms with Gasteiger partial charge in [0.15, 0.2) is 5.96 Å². The van der Waals surface area contributed by atoms with Gasteiger partial charge in [-0.15, -0.1) is 0 Å². The van der Waals surface area contributed by atoms with Gasteiger partial charge in [0.2, 0.25) is 23.6 Å². The number of carbonyl (C=O) groups excluding carboxylic acids is 5. The zero-order chi connectivity index (χ0) is 58.2. The number of nitrogens with two attached hydrogens (primary N) is 1. The standard InChI is InChI=1S/C53H85N15O12/c1-3-45(70)57-20-21-59-53(80)63-52(54)58-17-4-6-44(51(79)60-32-39-7-13-43(69)14-8-39)62-50(78)38(2)40-9-11-41(12-10-40)55-18-5-19-56-46(71)33-64-22-15-42(16-23-64)61-37-68-30-28-66(35-48(74)75)26-24-65(34-47(72)73)25-27-67(29-31-68)36-49(76)77/h7-14,38,42,44,55,61,69H,3-6,15-37H2,1-2H3,(H,56,71)(H,57,70)(H,60,79)(H,62,78)(H,72,73)(H,74,75)(H,76,77)(H4,54,58,59,63,80)/t38?,44-/m1/s1. The first kappa shape index (κ1) is 65.3. The van der Waals surface area contributed by atoms with Gasteiger partial charge in [0, 0.05) is 130 Å². The Hall–Kier alpha value is -7.17. The lowest BCUT2D eigenvalue weighted by molar-refractivity contribution is -0.140. The second-order valence-electron chi connectivity index (χ2n) is 20.0. The van der Waals surface area contributed by atoms with E-state index in [2.05, 4.69) is 57.3 Å². The molecule has 27 nitrogen and oxygen atoms in total. The number of rotatable bonds is 30. The molecule has 2 aromatic carbocycles. The molecule has 4 rings (SSSR count). The fourth-order valence-electron chi connectivity index (χ4n) is 8.89. The molecule has 2 atom stereocenters. The summed E-state index contributed by atoms with van der Waals surface area (Å²) < 4.78 is 0. The van der Waals surface area contributed by atoms with Crippen molar-refractivity contribution in [3.8, 4) is 5.75 Å². The normalized spacial score (nSPS) is 16.6. The maximum atomic E-state index is 13.6. The van der Waals surface area contributed by atoms with Crippen molar-refractivity contribution in [1.29, 1.82) is 0 Å². The predicted molar refractivity (Wildman–Crippen MR) is 300 cm³/mol. The summed E-state index contributed by atoms with van der Waals surface area (Å²) in [6, 6.07) is 12.4. The second kappa shape index (κ2) is 36.2. The first-order valence-electron chi connectivity index (χ1n) is 27.4. The molecule has 14 N–H and O–H groups in total. The Morgan fingerprint density at radius 1 is 0.600 bits per heavy atom. The summed E-state index contributed by atoms with van der Waals surface area (Å²) in [6.45, 7) is 10.4. The molecule has 2 heterocycles. The van der Waals surface area contributed by atoms with E-state index in [-0.39, 0.29) is 94.3 Å². The number of hydrogen-bond acceptors (Lipinski definition) is 16. The molecule has 27 heteroatoms. The van der Waals surface area contributed by atoms with Crippen LogP contribution in [0.5, 0.6) is 5.75 Å². The van der Waals surface area contributed by atoms with Crippen LogP contribution in [0.15, 0.2) is 53.5 Å². The Labute approximate surface area is 467 Å². The van der Waals surface area contributed by atoms with Crippen molar-refractivity contribution in [2.24, 2.45) is 10.7 Å².